The van der Waals surface area contributed by atoms with Crippen molar-refractivity contribution < 1.29 is 14.3 Å². The zero-order chi connectivity index (χ0) is 21.5. The van der Waals surface area contributed by atoms with Crippen molar-refractivity contribution in [1.82, 2.24) is 15.5 Å². The number of rotatable bonds is 7. The van der Waals surface area contributed by atoms with Crippen LogP contribution >= 0.6 is 0 Å². The van der Waals surface area contributed by atoms with Gasteiger partial charge in [0.25, 0.3) is 5.91 Å². The molecule has 4 rings (SSSR count). The smallest absolute Gasteiger partial charge is 0.251 e. The molecule has 154 valence electrons. The Balaban J connectivity index is 1.44. The first-order valence-electron chi connectivity index (χ1n) is 9.79. The van der Waals surface area contributed by atoms with Gasteiger partial charge in [0.05, 0.1) is 12.8 Å². The summed E-state index contributed by atoms with van der Waals surface area (Å²) >= 11 is 0. The number of hydrogen-bond acceptors (Lipinski definition) is 5. The second-order valence-electron chi connectivity index (χ2n) is 6.79. The van der Waals surface area contributed by atoms with Crippen molar-refractivity contribution in [2.75, 3.05) is 7.11 Å². The number of nitrogens with zero attached hydrogens (tertiary/aromatic N) is 2. The maximum Gasteiger partial charge on any atom is 0.251 e. The Labute approximate surface area is 180 Å². The number of nitrogens with one attached hydrogen (secondary N) is 1. The molecule has 0 aliphatic carbocycles. The number of amides is 1. The molecule has 0 unspecified atom stereocenters. The summed E-state index contributed by atoms with van der Waals surface area (Å²) in [6.45, 7) is 0.472. The standard InChI is InChI=1S/C25H21N3O3/c1-30-21-11-6-12-22(16-21)31-24-14-13-23(27-28-24)19-9-5-10-20(15-19)25(29)26-17-18-7-3-2-4-8-18/h2-16H,17H2,1H3,(H,26,29). The predicted molar refractivity (Wildman–Crippen MR) is 118 cm³/mol. The third-order valence-corrected chi connectivity index (χ3v) is 4.62. The van der Waals surface area contributed by atoms with Gasteiger partial charge < -0.3 is 14.8 Å². The van der Waals surface area contributed by atoms with Crippen LogP contribution in [0.4, 0.5) is 0 Å². The molecule has 1 amide bonds. The zero-order valence-electron chi connectivity index (χ0n) is 17.0. The average molecular weight is 411 g/mol. The summed E-state index contributed by atoms with van der Waals surface area (Å²) in [5.74, 6) is 1.54. The quantitative estimate of drug-likeness (QED) is 0.469. The van der Waals surface area contributed by atoms with Crippen molar-refractivity contribution in [1.29, 1.82) is 0 Å². The first-order valence-corrected chi connectivity index (χ1v) is 9.79. The SMILES string of the molecule is COc1cccc(Oc2ccc(-c3cccc(C(=O)NCc4ccccc4)c3)nn2)c1. The molecule has 0 spiro atoms. The number of methoxy groups -OCH3 is 1. The molecular formula is C25H21N3O3. The molecule has 1 N–H and O–H groups in total. The van der Waals surface area contributed by atoms with Gasteiger partial charge in [-0.2, -0.15) is 0 Å². The van der Waals surface area contributed by atoms with E-state index < -0.39 is 0 Å². The summed E-state index contributed by atoms with van der Waals surface area (Å²) < 4.78 is 10.9. The number of hydrogen-bond donors (Lipinski definition) is 1. The summed E-state index contributed by atoms with van der Waals surface area (Å²) in [5, 5.41) is 11.3. The highest BCUT2D eigenvalue weighted by molar-refractivity contribution is 5.95. The zero-order valence-corrected chi connectivity index (χ0v) is 17.0. The van der Waals surface area contributed by atoms with Gasteiger partial charge in [0.15, 0.2) is 0 Å². The van der Waals surface area contributed by atoms with Gasteiger partial charge in [-0.1, -0.05) is 48.5 Å². The molecule has 31 heavy (non-hydrogen) atoms. The molecule has 1 aromatic heterocycles. The van der Waals surface area contributed by atoms with Crippen molar-refractivity contribution in [3.8, 4) is 28.6 Å². The molecule has 3 aromatic carbocycles. The first-order chi connectivity index (χ1) is 15.2. The maximum atomic E-state index is 12.5. The van der Waals surface area contributed by atoms with Gasteiger partial charge in [-0.3, -0.25) is 4.79 Å². The fraction of sp³-hybridized carbons (Fsp3) is 0.0800. The van der Waals surface area contributed by atoms with Crippen molar-refractivity contribution in [3.63, 3.8) is 0 Å². The minimum atomic E-state index is -0.142. The molecule has 0 atom stereocenters. The second-order valence-corrected chi connectivity index (χ2v) is 6.79. The molecular weight excluding hydrogens is 390 g/mol. The Bertz CT molecular complexity index is 1160. The van der Waals surface area contributed by atoms with Crippen LogP contribution in [-0.4, -0.2) is 23.2 Å². The molecule has 0 bridgehead atoms. The Kier molecular flexibility index (Phi) is 6.18. The van der Waals surface area contributed by atoms with E-state index in [1.165, 1.54) is 0 Å². The third kappa shape index (κ3) is 5.25. The van der Waals surface area contributed by atoms with E-state index in [9.17, 15) is 4.79 Å². The van der Waals surface area contributed by atoms with E-state index in [0.717, 1.165) is 11.1 Å². The minimum absolute atomic E-state index is 0.142. The van der Waals surface area contributed by atoms with Gasteiger partial charge in [-0.15, -0.1) is 10.2 Å². The van der Waals surface area contributed by atoms with Crippen LogP contribution in [0.2, 0.25) is 0 Å². The van der Waals surface area contributed by atoms with Crippen LogP contribution in [0, 0.1) is 0 Å². The molecule has 0 aliphatic heterocycles. The first kappa shape index (κ1) is 20.1. The number of benzene rings is 3. The Morgan fingerprint density at radius 3 is 2.42 bits per heavy atom. The molecule has 0 saturated carbocycles. The van der Waals surface area contributed by atoms with Gasteiger partial charge in [0.1, 0.15) is 11.5 Å². The van der Waals surface area contributed by atoms with Gasteiger partial charge in [-0.05, 0) is 35.9 Å². The highest BCUT2D eigenvalue weighted by Crippen LogP contribution is 2.25. The highest BCUT2D eigenvalue weighted by atomic mass is 16.5. The molecule has 0 aliphatic rings. The molecule has 1 heterocycles. The normalized spacial score (nSPS) is 10.4. The van der Waals surface area contributed by atoms with Crippen molar-refractivity contribution in [2.45, 2.75) is 6.54 Å². The Hall–Kier alpha value is -4.19. The van der Waals surface area contributed by atoms with Gasteiger partial charge in [0.2, 0.25) is 5.88 Å². The van der Waals surface area contributed by atoms with E-state index in [-0.39, 0.29) is 5.91 Å². The second kappa shape index (κ2) is 9.54. The maximum absolute atomic E-state index is 12.5. The summed E-state index contributed by atoms with van der Waals surface area (Å²) in [7, 11) is 1.60. The summed E-state index contributed by atoms with van der Waals surface area (Å²) in [6, 6.07) is 27.9. The van der Waals surface area contributed by atoms with Crippen molar-refractivity contribution in [2.24, 2.45) is 0 Å². The van der Waals surface area contributed by atoms with Gasteiger partial charge in [-0.25, -0.2) is 0 Å². The number of aromatic nitrogens is 2. The topological polar surface area (TPSA) is 73.3 Å². The van der Waals surface area contributed by atoms with Crippen LogP contribution in [0.15, 0.2) is 91.0 Å². The van der Waals surface area contributed by atoms with Crippen LogP contribution in [0.1, 0.15) is 15.9 Å². The predicted octanol–water partition coefficient (Wildman–Crippen LogP) is 4.87. The van der Waals surface area contributed by atoms with E-state index >= 15 is 0 Å². The molecule has 0 radical (unpaired) electrons. The fourth-order valence-corrected chi connectivity index (χ4v) is 3.01. The van der Waals surface area contributed by atoms with Crippen LogP contribution < -0.4 is 14.8 Å². The molecule has 6 heteroatoms. The summed E-state index contributed by atoms with van der Waals surface area (Å²) in [6.07, 6.45) is 0. The number of carbonyl (C=O) groups excluding carboxylic acids is 1. The van der Waals surface area contributed by atoms with E-state index in [0.29, 0.717) is 35.2 Å². The molecule has 0 saturated heterocycles. The van der Waals surface area contributed by atoms with Crippen LogP contribution in [-0.2, 0) is 6.54 Å². The molecule has 6 nitrogen and oxygen atoms in total. The number of ether oxygens (including phenoxy) is 2. The lowest BCUT2D eigenvalue weighted by molar-refractivity contribution is 0.0951. The molecule has 4 aromatic rings. The minimum Gasteiger partial charge on any atom is -0.497 e. The lowest BCUT2D eigenvalue weighted by Gasteiger charge is -2.08. The van der Waals surface area contributed by atoms with E-state index in [2.05, 4.69) is 15.5 Å². The summed E-state index contributed by atoms with van der Waals surface area (Å²) in [5.41, 5.74) is 3.06. The largest absolute Gasteiger partial charge is 0.497 e. The average Bonchev–Trinajstić information content (AvgIpc) is 2.84. The lowest BCUT2D eigenvalue weighted by Crippen LogP contribution is -2.22. The third-order valence-electron chi connectivity index (χ3n) is 4.62. The fourth-order valence-electron chi connectivity index (χ4n) is 3.01. The van der Waals surface area contributed by atoms with Gasteiger partial charge in [0, 0.05) is 29.8 Å². The van der Waals surface area contributed by atoms with E-state index in [1.807, 2.05) is 66.7 Å². The van der Waals surface area contributed by atoms with Crippen LogP contribution in [0.5, 0.6) is 17.4 Å². The Morgan fingerprint density at radius 1 is 0.839 bits per heavy atom. The van der Waals surface area contributed by atoms with E-state index in [1.54, 1.807) is 31.4 Å². The van der Waals surface area contributed by atoms with E-state index in [4.69, 9.17) is 9.47 Å². The molecule has 0 fully saturated rings. The van der Waals surface area contributed by atoms with Crippen molar-refractivity contribution in [3.05, 3.63) is 102 Å². The van der Waals surface area contributed by atoms with Crippen LogP contribution in [0.3, 0.4) is 0 Å². The summed E-state index contributed by atoms with van der Waals surface area (Å²) in [4.78, 5) is 12.5. The number of carbonyl (C=O) groups is 1. The van der Waals surface area contributed by atoms with Gasteiger partial charge >= 0.3 is 0 Å². The monoisotopic (exact) mass is 411 g/mol. The van der Waals surface area contributed by atoms with Crippen molar-refractivity contribution >= 4 is 5.91 Å². The Morgan fingerprint density at radius 2 is 1.65 bits per heavy atom. The highest BCUT2D eigenvalue weighted by Gasteiger charge is 2.09. The lowest BCUT2D eigenvalue weighted by atomic mass is 10.1. The van der Waals surface area contributed by atoms with Crippen LogP contribution in [0.25, 0.3) is 11.3 Å².